The summed E-state index contributed by atoms with van der Waals surface area (Å²) < 4.78 is 19.5. The molecule has 0 aliphatic carbocycles. The number of esters is 1. The van der Waals surface area contributed by atoms with E-state index in [0.29, 0.717) is 37.7 Å². The standard InChI is InChI=1S/C29H32N2O5S/c1-7-34-28(33)25-19(6)30-29-31(26(25)21-13-9-11-15-23(21)36-18(4)5)27(32)24(37-29)16-20-12-8-10-14-22(20)35-17(2)3/h8-18,26H,7H2,1-6H3/b24-16-. The molecule has 3 aromatic rings. The number of allylic oxidation sites excluding steroid dienone is 1. The van der Waals surface area contributed by atoms with E-state index in [2.05, 4.69) is 4.99 Å². The smallest absolute Gasteiger partial charge is 0.338 e. The second kappa shape index (κ2) is 11.2. The number of ether oxygens (including phenoxy) is 3. The van der Waals surface area contributed by atoms with E-state index in [4.69, 9.17) is 14.2 Å². The number of thiazole rings is 1. The van der Waals surface area contributed by atoms with Gasteiger partial charge in [-0.2, -0.15) is 0 Å². The number of hydrogen-bond donors (Lipinski definition) is 0. The summed E-state index contributed by atoms with van der Waals surface area (Å²) >= 11 is 1.28. The molecule has 7 nitrogen and oxygen atoms in total. The van der Waals surface area contributed by atoms with Crippen molar-refractivity contribution in [2.24, 2.45) is 4.99 Å². The van der Waals surface area contributed by atoms with Crippen LogP contribution in [0.1, 0.15) is 58.7 Å². The summed E-state index contributed by atoms with van der Waals surface area (Å²) in [6.07, 6.45) is 1.71. The normalized spacial score (nSPS) is 15.6. The fourth-order valence-electron chi connectivity index (χ4n) is 4.26. The van der Waals surface area contributed by atoms with Crippen molar-refractivity contribution in [3.8, 4) is 11.5 Å². The summed E-state index contributed by atoms with van der Waals surface area (Å²) in [6.45, 7) is 11.5. The molecule has 0 saturated heterocycles. The second-order valence-corrected chi connectivity index (χ2v) is 10.2. The van der Waals surface area contributed by atoms with Gasteiger partial charge in [-0.15, -0.1) is 0 Å². The Morgan fingerprint density at radius 2 is 1.65 bits per heavy atom. The van der Waals surface area contributed by atoms with Crippen LogP contribution < -0.4 is 24.4 Å². The molecule has 194 valence electrons. The molecule has 1 aromatic heterocycles. The van der Waals surface area contributed by atoms with Gasteiger partial charge in [-0.25, -0.2) is 9.79 Å². The first-order valence-corrected chi connectivity index (χ1v) is 13.2. The summed E-state index contributed by atoms with van der Waals surface area (Å²) in [7, 11) is 0. The molecule has 0 fully saturated rings. The molecule has 1 unspecified atom stereocenters. The van der Waals surface area contributed by atoms with Gasteiger partial charge < -0.3 is 14.2 Å². The molecule has 8 heteroatoms. The fraction of sp³-hybridized carbons (Fsp3) is 0.345. The van der Waals surface area contributed by atoms with Crippen LogP contribution in [0.4, 0.5) is 0 Å². The molecular weight excluding hydrogens is 488 g/mol. The zero-order chi connectivity index (χ0) is 26.7. The molecule has 2 heterocycles. The third-order valence-electron chi connectivity index (χ3n) is 5.66. The van der Waals surface area contributed by atoms with E-state index in [-0.39, 0.29) is 24.4 Å². The quantitative estimate of drug-likeness (QED) is 0.412. The van der Waals surface area contributed by atoms with Crippen molar-refractivity contribution in [1.82, 2.24) is 4.57 Å². The number of hydrogen-bond acceptors (Lipinski definition) is 7. The summed E-state index contributed by atoms with van der Waals surface area (Å²) in [6, 6.07) is 14.3. The van der Waals surface area contributed by atoms with Crippen LogP contribution in [0.25, 0.3) is 6.08 Å². The average molecular weight is 521 g/mol. The topological polar surface area (TPSA) is 79.1 Å². The summed E-state index contributed by atoms with van der Waals surface area (Å²) in [4.78, 5) is 32.3. The van der Waals surface area contributed by atoms with Gasteiger partial charge >= 0.3 is 5.97 Å². The number of para-hydroxylation sites is 2. The van der Waals surface area contributed by atoms with Gasteiger partial charge in [-0.1, -0.05) is 47.7 Å². The van der Waals surface area contributed by atoms with E-state index in [1.54, 1.807) is 18.4 Å². The van der Waals surface area contributed by atoms with Crippen molar-refractivity contribution in [3.05, 3.63) is 90.6 Å². The lowest BCUT2D eigenvalue weighted by atomic mass is 9.95. The lowest BCUT2D eigenvalue weighted by Crippen LogP contribution is -2.40. The van der Waals surface area contributed by atoms with Crippen LogP contribution in [0, 0.1) is 0 Å². The van der Waals surface area contributed by atoms with Crippen LogP contribution in [0.15, 0.2) is 69.6 Å². The third kappa shape index (κ3) is 5.54. The highest BCUT2D eigenvalue weighted by atomic mass is 32.1. The lowest BCUT2D eigenvalue weighted by Gasteiger charge is -2.26. The van der Waals surface area contributed by atoms with Crippen LogP contribution in [0.2, 0.25) is 0 Å². The van der Waals surface area contributed by atoms with E-state index in [1.165, 1.54) is 11.3 Å². The molecule has 0 spiro atoms. The Labute approximate surface area is 220 Å². The van der Waals surface area contributed by atoms with Crippen LogP contribution in [0.5, 0.6) is 11.5 Å². The van der Waals surface area contributed by atoms with E-state index in [9.17, 15) is 9.59 Å². The van der Waals surface area contributed by atoms with E-state index in [0.717, 1.165) is 5.56 Å². The largest absolute Gasteiger partial charge is 0.491 e. The molecule has 4 rings (SSSR count). The van der Waals surface area contributed by atoms with Gasteiger partial charge in [0, 0.05) is 11.1 Å². The maximum Gasteiger partial charge on any atom is 0.338 e. The van der Waals surface area contributed by atoms with Crippen molar-refractivity contribution in [1.29, 1.82) is 0 Å². The highest BCUT2D eigenvalue weighted by Crippen LogP contribution is 2.36. The predicted octanol–water partition coefficient (Wildman–Crippen LogP) is 4.37. The minimum absolute atomic E-state index is 0.0111. The van der Waals surface area contributed by atoms with Crippen molar-refractivity contribution in [2.45, 2.75) is 59.8 Å². The van der Waals surface area contributed by atoms with E-state index < -0.39 is 12.0 Å². The number of carbonyl (C=O) groups excluding carboxylic acids is 1. The Morgan fingerprint density at radius 3 is 2.32 bits per heavy atom. The summed E-state index contributed by atoms with van der Waals surface area (Å²) in [5, 5.41) is 0. The van der Waals surface area contributed by atoms with Crippen molar-refractivity contribution >= 4 is 23.4 Å². The molecule has 1 aliphatic rings. The van der Waals surface area contributed by atoms with E-state index >= 15 is 0 Å². The lowest BCUT2D eigenvalue weighted by molar-refractivity contribution is -0.139. The fourth-order valence-corrected chi connectivity index (χ4v) is 5.29. The number of rotatable bonds is 8. The van der Waals surface area contributed by atoms with Crippen molar-refractivity contribution in [2.75, 3.05) is 6.61 Å². The molecule has 2 aromatic carbocycles. The Bertz CT molecular complexity index is 1510. The van der Waals surface area contributed by atoms with Gasteiger partial charge in [0.1, 0.15) is 17.5 Å². The Hall–Kier alpha value is -3.65. The van der Waals surface area contributed by atoms with Crippen LogP contribution in [0.3, 0.4) is 0 Å². The molecule has 0 amide bonds. The van der Waals surface area contributed by atoms with Gasteiger partial charge in [0.15, 0.2) is 4.80 Å². The Kier molecular flexibility index (Phi) is 7.97. The number of carbonyl (C=O) groups is 1. The molecule has 1 aliphatic heterocycles. The van der Waals surface area contributed by atoms with Crippen molar-refractivity contribution < 1.29 is 19.0 Å². The monoisotopic (exact) mass is 520 g/mol. The second-order valence-electron chi connectivity index (χ2n) is 9.21. The summed E-state index contributed by atoms with van der Waals surface area (Å²) in [5.74, 6) is 0.793. The van der Waals surface area contributed by atoms with Gasteiger partial charge in [0.25, 0.3) is 5.56 Å². The Morgan fingerprint density at radius 1 is 1.03 bits per heavy atom. The molecule has 1 atom stereocenters. The first-order valence-electron chi connectivity index (χ1n) is 12.4. The maximum atomic E-state index is 13.9. The number of benzene rings is 2. The SMILES string of the molecule is CCOC(=O)C1=C(C)N=c2s/c(=C\c3ccccc3OC(C)C)c(=O)n2C1c1ccccc1OC(C)C. The molecule has 0 N–H and O–H groups in total. The zero-order valence-corrected chi connectivity index (χ0v) is 22.8. The highest BCUT2D eigenvalue weighted by molar-refractivity contribution is 7.07. The Balaban J connectivity index is 1.97. The van der Waals surface area contributed by atoms with Gasteiger partial charge in [-0.3, -0.25) is 9.36 Å². The average Bonchev–Trinajstić information content (AvgIpc) is 3.13. The minimum Gasteiger partial charge on any atom is -0.491 e. The molecule has 37 heavy (non-hydrogen) atoms. The first kappa shape index (κ1) is 26.4. The third-order valence-corrected chi connectivity index (χ3v) is 6.64. The number of aromatic nitrogens is 1. The first-order chi connectivity index (χ1) is 17.7. The zero-order valence-electron chi connectivity index (χ0n) is 22.0. The maximum absolute atomic E-state index is 13.9. The van der Waals surface area contributed by atoms with Crippen LogP contribution in [-0.2, 0) is 9.53 Å². The predicted molar refractivity (Wildman–Crippen MR) is 145 cm³/mol. The summed E-state index contributed by atoms with van der Waals surface area (Å²) in [5.41, 5.74) is 2.08. The van der Waals surface area contributed by atoms with E-state index in [1.807, 2.05) is 82.3 Å². The van der Waals surface area contributed by atoms with Crippen LogP contribution >= 0.6 is 11.3 Å². The molecular formula is C29H32N2O5S. The minimum atomic E-state index is -0.741. The molecule has 0 saturated carbocycles. The molecule has 0 bridgehead atoms. The van der Waals surface area contributed by atoms with Crippen LogP contribution in [-0.4, -0.2) is 29.4 Å². The molecule has 0 radical (unpaired) electrons. The number of nitrogens with zero attached hydrogens (tertiary/aromatic N) is 2. The number of fused-ring (bicyclic) bond motifs is 1. The highest BCUT2D eigenvalue weighted by Gasteiger charge is 2.35. The van der Waals surface area contributed by atoms with Gasteiger partial charge in [-0.05, 0) is 59.8 Å². The van der Waals surface area contributed by atoms with Gasteiger partial charge in [0.05, 0.1) is 34.6 Å². The van der Waals surface area contributed by atoms with Gasteiger partial charge in [0.2, 0.25) is 0 Å². The van der Waals surface area contributed by atoms with Crippen molar-refractivity contribution in [3.63, 3.8) is 0 Å².